The highest BCUT2D eigenvalue weighted by Gasteiger charge is 2.42. The number of hydrogen-bond acceptors (Lipinski definition) is 7. The largest absolute Gasteiger partial charge is 0.469 e. The minimum atomic E-state index is -4.83. The Balaban J connectivity index is 1.69. The SMILES string of the molecule is COC(=O)C1CC(OC[C@@H]2CCCN2c2cnn(COCC[Si](C)(C)C)c(=O)c2C(F)(F)F)C1. The van der Waals surface area contributed by atoms with Crippen LogP contribution in [0.5, 0.6) is 0 Å². The van der Waals surface area contributed by atoms with Crippen molar-refractivity contribution in [3.05, 3.63) is 22.1 Å². The van der Waals surface area contributed by atoms with Gasteiger partial charge in [0, 0.05) is 21.2 Å². The number of methoxy groups -OCH3 is 1. The number of aromatic nitrogens is 2. The number of alkyl halides is 3. The number of hydrogen-bond donors (Lipinski definition) is 0. The third kappa shape index (κ3) is 6.60. The van der Waals surface area contributed by atoms with Gasteiger partial charge in [-0.15, -0.1) is 0 Å². The molecule has 0 amide bonds. The zero-order valence-corrected chi connectivity index (χ0v) is 21.2. The standard InChI is InChI=1S/C22H34F3N3O5Si/c1-31-21(30)15-10-17(11-15)33-13-16-6-5-7-27(16)18-12-26-28(14-32-8-9-34(2,3)4)20(29)19(18)22(23,24)25/h12,15-17H,5-11,13-14H2,1-4H3/t15?,16-,17?/m0/s1. The lowest BCUT2D eigenvalue weighted by Crippen LogP contribution is -2.42. The van der Waals surface area contributed by atoms with E-state index in [4.69, 9.17) is 14.2 Å². The average molecular weight is 506 g/mol. The lowest BCUT2D eigenvalue weighted by Gasteiger charge is -2.35. The van der Waals surface area contributed by atoms with Gasteiger partial charge in [0.1, 0.15) is 12.3 Å². The lowest BCUT2D eigenvalue weighted by atomic mass is 9.82. The first-order chi connectivity index (χ1) is 15.9. The second-order valence-electron chi connectivity index (χ2n) is 10.2. The van der Waals surface area contributed by atoms with Gasteiger partial charge in [0.15, 0.2) is 0 Å². The van der Waals surface area contributed by atoms with Gasteiger partial charge >= 0.3 is 12.1 Å². The maximum atomic E-state index is 14.0. The van der Waals surface area contributed by atoms with Crippen molar-refractivity contribution in [2.75, 3.05) is 31.8 Å². The van der Waals surface area contributed by atoms with Crippen LogP contribution in [0.2, 0.25) is 25.7 Å². The molecule has 1 atom stereocenters. The summed E-state index contributed by atoms with van der Waals surface area (Å²) in [6, 6.07) is 0.534. The zero-order valence-electron chi connectivity index (χ0n) is 20.2. The molecule has 2 aliphatic rings. The van der Waals surface area contributed by atoms with E-state index in [1.54, 1.807) is 4.90 Å². The van der Waals surface area contributed by atoms with Crippen molar-refractivity contribution >= 4 is 19.7 Å². The van der Waals surface area contributed by atoms with E-state index in [9.17, 15) is 22.8 Å². The second-order valence-corrected chi connectivity index (χ2v) is 15.8. The van der Waals surface area contributed by atoms with Crippen LogP contribution < -0.4 is 10.5 Å². The highest BCUT2D eigenvalue weighted by Crippen LogP contribution is 2.37. The van der Waals surface area contributed by atoms with E-state index >= 15 is 0 Å². The van der Waals surface area contributed by atoms with E-state index in [2.05, 4.69) is 24.7 Å². The van der Waals surface area contributed by atoms with Crippen LogP contribution in [0.25, 0.3) is 0 Å². The number of carbonyl (C=O) groups is 1. The molecule has 0 bridgehead atoms. The second kappa shape index (κ2) is 10.8. The average Bonchev–Trinajstić information content (AvgIpc) is 3.17. The molecule has 1 saturated carbocycles. The Hall–Kier alpha value is -1.92. The molecule has 8 nitrogen and oxygen atoms in total. The van der Waals surface area contributed by atoms with E-state index in [0.29, 0.717) is 38.8 Å². The van der Waals surface area contributed by atoms with E-state index < -0.39 is 25.4 Å². The summed E-state index contributed by atoms with van der Waals surface area (Å²) >= 11 is 0. The molecule has 0 N–H and O–H groups in total. The van der Waals surface area contributed by atoms with Crippen LogP contribution in [0.4, 0.5) is 18.9 Å². The first-order valence-electron chi connectivity index (χ1n) is 11.6. The van der Waals surface area contributed by atoms with Gasteiger partial charge in [-0.05, 0) is 31.7 Å². The molecule has 0 unspecified atom stereocenters. The Morgan fingerprint density at radius 3 is 2.59 bits per heavy atom. The predicted molar refractivity (Wildman–Crippen MR) is 122 cm³/mol. The van der Waals surface area contributed by atoms with Crippen molar-refractivity contribution in [1.82, 2.24) is 9.78 Å². The quantitative estimate of drug-likeness (QED) is 0.273. The summed E-state index contributed by atoms with van der Waals surface area (Å²) in [5, 5.41) is 3.98. The Morgan fingerprint density at radius 2 is 1.97 bits per heavy atom. The fourth-order valence-corrected chi connectivity index (χ4v) is 4.98. The van der Waals surface area contributed by atoms with Crippen molar-refractivity contribution in [3.8, 4) is 0 Å². The summed E-state index contributed by atoms with van der Waals surface area (Å²) in [7, 11) is -0.0250. The molecule has 1 aromatic heterocycles. The first-order valence-corrected chi connectivity index (χ1v) is 15.3. The van der Waals surface area contributed by atoms with Crippen molar-refractivity contribution in [2.45, 2.75) is 76.4 Å². The Kier molecular flexibility index (Phi) is 8.46. The van der Waals surface area contributed by atoms with Crippen LogP contribution in [-0.2, 0) is 31.9 Å². The predicted octanol–water partition coefficient (Wildman–Crippen LogP) is 3.51. The first kappa shape index (κ1) is 26.7. The van der Waals surface area contributed by atoms with Crippen molar-refractivity contribution < 1.29 is 32.2 Å². The maximum Gasteiger partial charge on any atom is 0.423 e. The molecule has 1 saturated heterocycles. The number of carbonyl (C=O) groups excluding carboxylic acids is 1. The molecule has 2 heterocycles. The lowest BCUT2D eigenvalue weighted by molar-refractivity contribution is -0.155. The van der Waals surface area contributed by atoms with E-state index in [0.717, 1.165) is 16.9 Å². The number of ether oxygens (including phenoxy) is 3. The normalized spacial score (nSPS) is 23.1. The molecular weight excluding hydrogens is 471 g/mol. The minimum Gasteiger partial charge on any atom is -0.469 e. The molecule has 0 radical (unpaired) electrons. The smallest absolute Gasteiger partial charge is 0.423 e. The van der Waals surface area contributed by atoms with Gasteiger partial charge in [-0.25, -0.2) is 4.68 Å². The van der Waals surface area contributed by atoms with Crippen LogP contribution >= 0.6 is 0 Å². The number of halogens is 3. The fourth-order valence-electron chi connectivity index (χ4n) is 4.22. The summed E-state index contributed by atoms with van der Waals surface area (Å²) in [4.78, 5) is 25.8. The van der Waals surface area contributed by atoms with Gasteiger partial charge in [0.2, 0.25) is 0 Å². The molecule has 12 heteroatoms. The topological polar surface area (TPSA) is 82.9 Å². The van der Waals surface area contributed by atoms with Crippen molar-refractivity contribution in [2.24, 2.45) is 5.92 Å². The van der Waals surface area contributed by atoms with Gasteiger partial charge < -0.3 is 19.1 Å². The summed E-state index contributed by atoms with van der Waals surface area (Å²) in [5.74, 6) is -0.454. The summed E-state index contributed by atoms with van der Waals surface area (Å²) in [5.41, 5.74) is -2.65. The Labute approximate surface area is 198 Å². The molecule has 1 aliphatic carbocycles. The highest BCUT2D eigenvalue weighted by atomic mass is 28.3. The number of rotatable bonds is 10. The number of esters is 1. The molecule has 1 aromatic rings. The summed E-state index contributed by atoms with van der Waals surface area (Å²) in [6.45, 7) is 7.14. The molecule has 1 aliphatic heterocycles. The minimum absolute atomic E-state index is 0.118. The monoisotopic (exact) mass is 505 g/mol. The van der Waals surface area contributed by atoms with Gasteiger partial charge in [-0.1, -0.05) is 19.6 Å². The zero-order chi connectivity index (χ0) is 25.1. The third-order valence-electron chi connectivity index (χ3n) is 6.36. The van der Waals surface area contributed by atoms with Gasteiger partial charge in [-0.3, -0.25) is 9.59 Å². The molecular formula is C22H34F3N3O5Si. The Bertz CT molecular complexity index is 913. The van der Waals surface area contributed by atoms with E-state index in [1.807, 2.05) is 0 Å². The van der Waals surface area contributed by atoms with Gasteiger partial charge in [0.05, 0.1) is 43.7 Å². The molecule has 3 rings (SSSR count). The number of anilines is 1. The fraction of sp³-hybridized carbons (Fsp3) is 0.773. The Morgan fingerprint density at radius 1 is 1.26 bits per heavy atom. The van der Waals surface area contributed by atoms with Gasteiger partial charge in [0.25, 0.3) is 5.56 Å². The highest BCUT2D eigenvalue weighted by molar-refractivity contribution is 6.76. The van der Waals surface area contributed by atoms with Crippen molar-refractivity contribution in [1.29, 1.82) is 0 Å². The van der Waals surface area contributed by atoms with E-state index in [1.165, 1.54) is 7.11 Å². The van der Waals surface area contributed by atoms with Gasteiger partial charge in [-0.2, -0.15) is 18.3 Å². The van der Waals surface area contributed by atoms with Crippen LogP contribution in [0.1, 0.15) is 31.2 Å². The van der Waals surface area contributed by atoms with Crippen LogP contribution in [-0.4, -0.2) is 62.8 Å². The third-order valence-corrected chi connectivity index (χ3v) is 8.06. The molecule has 0 aromatic carbocycles. The van der Waals surface area contributed by atoms with Crippen LogP contribution in [0, 0.1) is 5.92 Å². The molecule has 0 spiro atoms. The maximum absolute atomic E-state index is 14.0. The molecule has 2 fully saturated rings. The van der Waals surface area contributed by atoms with Crippen LogP contribution in [0.3, 0.4) is 0 Å². The number of nitrogens with zero attached hydrogens (tertiary/aromatic N) is 3. The van der Waals surface area contributed by atoms with E-state index in [-0.39, 0.29) is 43.1 Å². The molecule has 34 heavy (non-hydrogen) atoms. The molecule has 192 valence electrons. The summed E-state index contributed by atoms with van der Waals surface area (Å²) < 4.78 is 58.7. The summed E-state index contributed by atoms with van der Waals surface area (Å²) in [6.07, 6.45) is -1.41. The van der Waals surface area contributed by atoms with Crippen LogP contribution in [0.15, 0.2) is 11.0 Å². The van der Waals surface area contributed by atoms with Crippen molar-refractivity contribution in [3.63, 3.8) is 0 Å².